The fourth-order valence-electron chi connectivity index (χ4n) is 3.73. The summed E-state index contributed by atoms with van der Waals surface area (Å²) in [5.41, 5.74) is 5.77. The standard InChI is InChI=1S/C18H20N8.C2H7N/c19-10-13-8-14(9-13)25-11-16(20-12-25)21-17-15-4-3-7-26(15)23-18(22-17)24-5-1-2-6-24;1-2-3/h3-4,7,11-14H,1-2,5-6,8-9H2,(H,21,22,23);2-3H2,1H3. The van der Waals surface area contributed by atoms with E-state index in [0.29, 0.717) is 6.04 Å². The van der Waals surface area contributed by atoms with Crippen LogP contribution in [0.4, 0.5) is 17.6 Å². The summed E-state index contributed by atoms with van der Waals surface area (Å²) < 4.78 is 3.96. The van der Waals surface area contributed by atoms with E-state index in [1.807, 2.05) is 42.3 Å². The van der Waals surface area contributed by atoms with Gasteiger partial charge in [-0.2, -0.15) is 10.2 Å². The Morgan fingerprint density at radius 2 is 2.07 bits per heavy atom. The van der Waals surface area contributed by atoms with Crippen LogP contribution >= 0.6 is 0 Å². The van der Waals surface area contributed by atoms with E-state index in [-0.39, 0.29) is 5.92 Å². The number of nitrogens with two attached hydrogens (primary N) is 1. The molecule has 1 saturated heterocycles. The zero-order valence-electron chi connectivity index (χ0n) is 16.7. The van der Waals surface area contributed by atoms with Crippen LogP contribution in [0.2, 0.25) is 0 Å². The number of hydrogen-bond donors (Lipinski definition) is 2. The van der Waals surface area contributed by atoms with Crippen LogP contribution in [0, 0.1) is 17.2 Å². The number of imidazole rings is 1. The van der Waals surface area contributed by atoms with Gasteiger partial charge in [-0.1, -0.05) is 6.92 Å². The molecule has 0 atom stereocenters. The van der Waals surface area contributed by atoms with Gasteiger partial charge in [0.25, 0.3) is 0 Å². The van der Waals surface area contributed by atoms with E-state index >= 15 is 0 Å². The van der Waals surface area contributed by atoms with E-state index in [1.165, 1.54) is 12.8 Å². The average molecular weight is 393 g/mol. The number of rotatable bonds is 4. The Morgan fingerprint density at radius 3 is 2.79 bits per heavy atom. The maximum atomic E-state index is 8.94. The van der Waals surface area contributed by atoms with Crippen LogP contribution in [0.3, 0.4) is 0 Å². The number of nitriles is 1. The Labute approximate surface area is 170 Å². The maximum Gasteiger partial charge on any atom is 0.245 e. The van der Waals surface area contributed by atoms with Gasteiger partial charge in [0.15, 0.2) is 5.82 Å². The molecule has 5 rings (SSSR count). The summed E-state index contributed by atoms with van der Waals surface area (Å²) in [5.74, 6) is 2.47. The van der Waals surface area contributed by atoms with Gasteiger partial charge in [-0.25, -0.2) is 9.50 Å². The highest BCUT2D eigenvalue weighted by Crippen LogP contribution is 2.37. The van der Waals surface area contributed by atoms with E-state index < -0.39 is 0 Å². The Balaban J connectivity index is 0.000000645. The third-order valence-corrected chi connectivity index (χ3v) is 5.33. The third-order valence-electron chi connectivity index (χ3n) is 5.33. The fourth-order valence-corrected chi connectivity index (χ4v) is 3.73. The van der Waals surface area contributed by atoms with Crippen LogP contribution < -0.4 is 16.0 Å². The summed E-state index contributed by atoms with van der Waals surface area (Å²) in [7, 11) is 0. The molecule has 1 saturated carbocycles. The Bertz CT molecular complexity index is 987. The van der Waals surface area contributed by atoms with Gasteiger partial charge in [0, 0.05) is 31.5 Å². The lowest BCUT2D eigenvalue weighted by molar-refractivity contribution is 0.248. The Kier molecular flexibility index (Phi) is 5.62. The van der Waals surface area contributed by atoms with Crippen molar-refractivity contribution in [3.8, 4) is 6.07 Å². The minimum absolute atomic E-state index is 0.184. The first kappa shape index (κ1) is 19.2. The molecule has 0 radical (unpaired) electrons. The van der Waals surface area contributed by atoms with Gasteiger partial charge in [0.2, 0.25) is 5.95 Å². The van der Waals surface area contributed by atoms with E-state index in [0.717, 1.165) is 55.6 Å². The smallest absolute Gasteiger partial charge is 0.245 e. The number of anilines is 3. The van der Waals surface area contributed by atoms with E-state index in [9.17, 15) is 0 Å². The molecule has 1 aliphatic heterocycles. The molecular formula is C20H27N9. The normalized spacial score (nSPS) is 20.7. The maximum absolute atomic E-state index is 8.94. The number of nitrogens with one attached hydrogen (secondary N) is 1. The monoisotopic (exact) mass is 393 g/mol. The van der Waals surface area contributed by atoms with Gasteiger partial charge >= 0.3 is 0 Å². The predicted molar refractivity (Wildman–Crippen MR) is 112 cm³/mol. The van der Waals surface area contributed by atoms with Crippen LogP contribution in [0.1, 0.15) is 38.6 Å². The van der Waals surface area contributed by atoms with Crippen molar-refractivity contribution in [3.05, 3.63) is 30.9 Å². The van der Waals surface area contributed by atoms with Gasteiger partial charge in [0.05, 0.1) is 18.3 Å². The molecule has 0 amide bonds. The fraction of sp³-hybridized carbons (Fsp3) is 0.500. The summed E-state index contributed by atoms with van der Waals surface area (Å²) in [6.07, 6.45) is 9.95. The minimum Gasteiger partial charge on any atom is -0.340 e. The van der Waals surface area contributed by atoms with Crippen molar-refractivity contribution in [3.63, 3.8) is 0 Å². The summed E-state index contributed by atoms with van der Waals surface area (Å²) >= 11 is 0. The average Bonchev–Trinajstić information content (AvgIpc) is 3.43. The summed E-state index contributed by atoms with van der Waals surface area (Å²) in [6, 6.07) is 6.67. The molecule has 3 N–H and O–H groups in total. The van der Waals surface area contributed by atoms with E-state index in [4.69, 9.17) is 16.0 Å². The van der Waals surface area contributed by atoms with Crippen LogP contribution in [-0.2, 0) is 0 Å². The van der Waals surface area contributed by atoms with Crippen molar-refractivity contribution >= 4 is 23.1 Å². The van der Waals surface area contributed by atoms with Gasteiger partial charge in [-0.05, 0) is 44.4 Å². The molecule has 0 unspecified atom stereocenters. The lowest BCUT2D eigenvalue weighted by atomic mass is 9.81. The number of fused-ring (bicyclic) bond motifs is 1. The molecule has 9 heteroatoms. The molecule has 3 aromatic heterocycles. The van der Waals surface area contributed by atoms with Crippen molar-refractivity contribution < 1.29 is 0 Å². The summed E-state index contributed by atoms with van der Waals surface area (Å²) in [6.45, 7) is 4.66. The lowest BCUT2D eigenvalue weighted by Gasteiger charge is -2.31. The van der Waals surface area contributed by atoms with Gasteiger partial charge in [-0.3, -0.25) is 0 Å². The highest BCUT2D eigenvalue weighted by molar-refractivity contribution is 5.72. The van der Waals surface area contributed by atoms with Crippen molar-refractivity contribution in [2.24, 2.45) is 11.7 Å². The summed E-state index contributed by atoms with van der Waals surface area (Å²) in [5, 5.41) is 16.9. The van der Waals surface area contributed by atoms with E-state index in [2.05, 4.69) is 30.9 Å². The van der Waals surface area contributed by atoms with Crippen molar-refractivity contribution in [1.29, 1.82) is 5.26 Å². The highest BCUT2D eigenvalue weighted by Gasteiger charge is 2.30. The predicted octanol–water partition coefficient (Wildman–Crippen LogP) is 2.71. The van der Waals surface area contributed by atoms with Crippen LogP contribution in [0.5, 0.6) is 0 Å². The van der Waals surface area contributed by atoms with Crippen LogP contribution in [-0.4, -0.2) is 43.8 Å². The lowest BCUT2D eigenvalue weighted by Crippen LogP contribution is -2.24. The molecule has 2 fully saturated rings. The number of aromatic nitrogens is 5. The van der Waals surface area contributed by atoms with Crippen LogP contribution in [0.15, 0.2) is 30.9 Å². The molecule has 3 aromatic rings. The Hall–Kier alpha value is -3.12. The molecule has 2 aliphatic rings. The zero-order chi connectivity index (χ0) is 20.2. The molecule has 0 bridgehead atoms. The van der Waals surface area contributed by atoms with Gasteiger partial charge in [-0.15, -0.1) is 5.10 Å². The molecule has 29 heavy (non-hydrogen) atoms. The quantitative estimate of drug-likeness (QED) is 0.700. The molecule has 4 heterocycles. The first-order valence-electron chi connectivity index (χ1n) is 10.2. The second kappa shape index (κ2) is 8.49. The van der Waals surface area contributed by atoms with Crippen molar-refractivity contribution in [2.45, 2.75) is 38.6 Å². The molecule has 152 valence electrons. The second-order valence-corrected chi connectivity index (χ2v) is 7.48. The summed E-state index contributed by atoms with van der Waals surface area (Å²) in [4.78, 5) is 11.4. The zero-order valence-corrected chi connectivity index (χ0v) is 16.7. The first-order valence-corrected chi connectivity index (χ1v) is 10.2. The highest BCUT2D eigenvalue weighted by atomic mass is 15.4. The topological polar surface area (TPSA) is 113 Å². The molecule has 9 nitrogen and oxygen atoms in total. The SMILES string of the molecule is CCN.N#CC1CC(n2cnc(Nc3nc(N4CCCC4)nn4cccc34)c2)C1. The number of hydrogen-bond acceptors (Lipinski definition) is 7. The van der Waals surface area contributed by atoms with E-state index in [1.54, 1.807) is 0 Å². The van der Waals surface area contributed by atoms with Gasteiger partial charge < -0.3 is 20.5 Å². The van der Waals surface area contributed by atoms with Crippen LogP contribution in [0.25, 0.3) is 5.52 Å². The molecule has 0 spiro atoms. The molecule has 0 aromatic carbocycles. The first-order chi connectivity index (χ1) is 14.2. The molecular weight excluding hydrogens is 366 g/mol. The van der Waals surface area contributed by atoms with Gasteiger partial charge in [0.1, 0.15) is 11.3 Å². The van der Waals surface area contributed by atoms with Crippen molar-refractivity contribution in [1.82, 2.24) is 24.1 Å². The Morgan fingerprint density at radius 1 is 1.31 bits per heavy atom. The number of nitrogens with zero attached hydrogens (tertiary/aromatic N) is 7. The second-order valence-electron chi connectivity index (χ2n) is 7.48. The third kappa shape index (κ3) is 4.03. The van der Waals surface area contributed by atoms with Crippen molar-refractivity contribution in [2.75, 3.05) is 29.9 Å². The molecule has 1 aliphatic carbocycles. The minimum atomic E-state index is 0.184. The largest absolute Gasteiger partial charge is 0.340 e.